The maximum absolute atomic E-state index is 13.3. The normalized spacial score (nSPS) is 20.8. The Labute approximate surface area is 188 Å². The molecule has 0 aromatic carbocycles. The molecule has 0 saturated carbocycles. The summed E-state index contributed by atoms with van der Waals surface area (Å²) in [6.45, 7) is 5.53. The lowest BCUT2D eigenvalue weighted by Gasteiger charge is -2.24. The Balaban J connectivity index is 1.95. The van der Waals surface area contributed by atoms with Gasteiger partial charge in [-0.15, -0.1) is 5.11 Å². The molecule has 0 fully saturated rings. The predicted octanol–water partition coefficient (Wildman–Crippen LogP) is 4.05. The van der Waals surface area contributed by atoms with E-state index in [4.69, 9.17) is 10.8 Å². The summed E-state index contributed by atoms with van der Waals surface area (Å²) in [6, 6.07) is -0.216. The van der Waals surface area contributed by atoms with Crippen LogP contribution in [0.2, 0.25) is 0 Å². The summed E-state index contributed by atoms with van der Waals surface area (Å²) in [5, 5.41) is 16.7. The summed E-state index contributed by atoms with van der Waals surface area (Å²) in [7, 11) is 0. The van der Waals surface area contributed by atoms with Crippen molar-refractivity contribution >= 4 is 17.7 Å². The molecule has 8 nitrogen and oxygen atoms in total. The van der Waals surface area contributed by atoms with Crippen LogP contribution in [-0.2, 0) is 9.59 Å². The minimum atomic E-state index is -0.914. The smallest absolute Gasteiger partial charge is 0.335 e. The fraction of sp³-hybridized carbons (Fsp3) is 0.458. The van der Waals surface area contributed by atoms with Crippen molar-refractivity contribution in [3.05, 3.63) is 58.2 Å². The summed E-state index contributed by atoms with van der Waals surface area (Å²) in [5.74, 6) is 4.82. The molecular formula is C24H31N5O3. The summed E-state index contributed by atoms with van der Waals surface area (Å²) in [6.07, 6.45) is 13.6. The fourth-order valence-electron chi connectivity index (χ4n) is 4.28. The molecule has 0 spiro atoms. The third kappa shape index (κ3) is 5.49. The van der Waals surface area contributed by atoms with Crippen LogP contribution >= 0.6 is 0 Å². The maximum atomic E-state index is 13.3. The van der Waals surface area contributed by atoms with Crippen LogP contribution in [0.5, 0.6) is 0 Å². The van der Waals surface area contributed by atoms with Crippen LogP contribution in [0.1, 0.15) is 52.4 Å². The lowest BCUT2D eigenvalue weighted by molar-refractivity contribution is -0.132. The number of carboxylic acids is 1. The standard InChI is InChI=1S/C24H31N5O3/c1-3-10-29(11-4-2)23(30)20-13-18-9-8-17(14-21(18)26-22(15-20)27-28-25)16-6-5-7-19(12-16)24(31)32/h7-9,12-13,21H,3-6,10-11,14-15H2,1-2H3,(H,31,32)(H2,25,26,27). The van der Waals surface area contributed by atoms with Gasteiger partial charge in [-0.1, -0.05) is 37.3 Å². The lowest BCUT2D eigenvalue weighted by atomic mass is 9.85. The topological polar surface area (TPSA) is 121 Å². The molecule has 8 heteroatoms. The number of aliphatic imine (C=N–C) groups is 1. The highest BCUT2D eigenvalue weighted by Crippen LogP contribution is 2.34. The number of carbonyl (C=O) groups is 2. The quantitative estimate of drug-likeness (QED) is 0.354. The van der Waals surface area contributed by atoms with Gasteiger partial charge in [0.05, 0.1) is 11.6 Å². The van der Waals surface area contributed by atoms with Gasteiger partial charge in [0.25, 0.3) is 0 Å². The van der Waals surface area contributed by atoms with Gasteiger partial charge in [0.1, 0.15) is 0 Å². The van der Waals surface area contributed by atoms with Crippen molar-refractivity contribution in [2.24, 2.45) is 21.2 Å². The van der Waals surface area contributed by atoms with Crippen LogP contribution in [0.25, 0.3) is 0 Å². The average Bonchev–Trinajstić information content (AvgIpc) is 2.97. The number of amides is 1. The molecule has 3 aliphatic rings. The summed E-state index contributed by atoms with van der Waals surface area (Å²) < 4.78 is 0. The molecule has 2 aliphatic carbocycles. The van der Waals surface area contributed by atoms with E-state index in [0.717, 1.165) is 36.0 Å². The van der Waals surface area contributed by atoms with Crippen molar-refractivity contribution in [3.8, 4) is 0 Å². The first-order chi connectivity index (χ1) is 15.5. The van der Waals surface area contributed by atoms with E-state index in [0.29, 0.717) is 42.9 Å². The van der Waals surface area contributed by atoms with Crippen molar-refractivity contribution < 1.29 is 14.7 Å². The molecule has 1 unspecified atom stereocenters. The number of fused-ring (bicyclic) bond motifs is 1. The zero-order chi connectivity index (χ0) is 23.1. The SMILES string of the molecule is CCCN(CCC)C(=O)C1=CC2=CC=C(C3=CC(C(=O)O)=CCC3)CC2N=C(N=NN)C1. The molecule has 1 aliphatic heterocycles. The first-order valence-electron chi connectivity index (χ1n) is 11.2. The van der Waals surface area contributed by atoms with E-state index in [-0.39, 0.29) is 18.4 Å². The lowest BCUT2D eigenvalue weighted by Crippen LogP contribution is -2.34. The molecule has 0 aromatic heterocycles. The molecular weight excluding hydrogens is 406 g/mol. The summed E-state index contributed by atoms with van der Waals surface area (Å²) in [4.78, 5) is 31.3. The van der Waals surface area contributed by atoms with Crippen molar-refractivity contribution in [3.63, 3.8) is 0 Å². The molecule has 3 rings (SSSR count). The van der Waals surface area contributed by atoms with E-state index in [1.807, 2.05) is 23.1 Å². The molecule has 0 aromatic rings. The number of amidine groups is 1. The molecule has 0 bridgehead atoms. The first kappa shape index (κ1) is 23.4. The molecule has 1 atom stereocenters. The van der Waals surface area contributed by atoms with Gasteiger partial charge in [0.15, 0.2) is 5.84 Å². The molecule has 1 amide bonds. The summed E-state index contributed by atoms with van der Waals surface area (Å²) in [5.41, 5.74) is 3.97. The number of allylic oxidation sites excluding steroid dienone is 4. The van der Waals surface area contributed by atoms with E-state index in [9.17, 15) is 14.7 Å². The number of hydrogen-bond acceptors (Lipinski definition) is 5. The largest absolute Gasteiger partial charge is 0.478 e. The van der Waals surface area contributed by atoms with Crippen molar-refractivity contribution in [1.29, 1.82) is 0 Å². The second-order valence-electron chi connectivity index (χ2n) is 8.15. The van der Waals surface area contributed by atoms with E-state index in [2.05, 4.69) is 24.2 Å². The van der Waals surface area contributed by atoms with Crippen LogP contribution in [0.15, 0.2) is 73.6 Å². The van der Waals surface area contributed by atoms with Gasteiger partial charge in [0, 0.05) is 25.1 Å². The number of rotatable bonds is 7. The van der Waals surface area contributed by atoms with Crippen molar-refractivity contribution in [1.82, 2.24) is 4.90 Å². The highest BCUT2D eigenvalue weighted by Gasteiger charge is 2.28. The molecule has 3 N–H and O–H groups in total. The Bertz CT molecular complexity index is 976. The van der Waals surface area contributed by atoms with Crippen molar-refractivity contribution in [2.75, 3.05) is 13.1 Å². The third-order valence-corrected chi connectivity index (χ3v) is 5.76. The molecule has 170 valence electrons. The number of hydrogen-bond donors (Lipinski definition) is 2. The Morgan fingerprint density at radius 3 is 2.59 bits per heavy atom. The van der Waals surface area contributed by atoms with E-state index in [1.54, 1.807) is 12.2 Å². The van der Waals surface area contributed by atoms with Gasteiger partial charge in [-0.2, -0.15) is 0 Å². The number of carboxylic acid groups (broad SMARTS) is 1. The summed E-state index contributed by atoms with van der Waals surface area (Å²) >= 11 is 0. The molecule has 0 saturated heterocycles. The fourth-order valence-corrected chi connectivity index (χ4v) is 4.28. The van der Waals surface area contributed by atoms with Gasteiger partial charge in [-0.25, -0.2) is 4.79 Å². The minimum Gasteiger partial charge on any atom is -0.478 e. The van der Waals surface area contributed by atoms with Gasteiger partial charge >= 0.3 is 5.97 Å². The van der Waals surface area contributed by atoms with Crippen LogP contribution in [0.4, 0.5) is 0 Å². The molecule has 0 radical (unpaired) electrons. The molecule has 32 heavy (non-hydrogen) atoms. The van der Waals surface area contributed by atoms with E-state index >= 15 is 0 Å². The van der Waals surface area contributed by atoms with E-state index in [1.165, 1.54) is 0 Å². The van der Waals surface area contributed by atoms with E-state index < -0.39 is 5.97 Å². The highest BCUT2D eigenvalue weighted by atomic mass is 16.4. The number of nitrogens with zero attached hydrogens (tertiary/aromatic N) is 4. The zero-order valence-electron chi connectivity index (χ0n) is 18.8. The minimum absolute atomic E-state index is 0.00354. The van der Waals surface area contributed by atoms with Crippen LogP contribution in [-0.4, -0.2) is 46.8 Å². The third-order valence-electron chi connectivity index (χ3n) is 5.76. The Kier molecular flexibility index (Phi) is 7.92. The van der Waals surface area contributed by atoms with Crippen LogP contribution in [0.3, 0.4) is 0 Å². The van der Waals surface area contributed by atoms with Crippen LogP contribution in [0, 0.1) is 0 Å². The number of nitrogens with two attached hydrogens (primary N) is 1. The van der Waals surface area contributed by atoms with Gasteiger partial charge in [-0.05, 0) is 61.0 Å². The number of aliphatic carboxylic acids is 1. The second kappa shape index (κ2) is 10.8. The van der Waals surface area contributed by atoms with Gasteiger partial charge < -0.3 is 15.8 Å². The second-order valence-corrected chi connectivity index (χ2v) is 8.15. The Hall–Kier alpha value is -3.29. The maximum Gasteiger partial charge on any atom is 0.335 e. The Morgan fingerprint density at radius 2 is 1.94 bits per heavy atom. The zero-order valence-corrected chi connectivity index (χ0v) is 18.8. The van der Waals surface area contributed by atoms with Crippen molar-refractivity contribution in [2.45, 2.75) is 58.4 Å². The predicted molar refractivity (Wildman–Crippen MR) is 124 cm³/mol. The van der Waals surface area contributed by atoms with Gasteiger partial charge in [0.2, 0.25) is 5.91 Å². The average molecular weight is 438 g/mol. The van der Waals surface area contributed by atoms with Gasteiger partial charge in [-0.3, -0.25) is 9.79 Å². The first-order valence-corrected chi connectivity index (χ1v) is 11.2. The monoisotopic (exact) mass is 437 g/mol. The Morgan fingerprint density at radius 1 is 1.19 bits per heavy atom. The molecule has 1 heterocycles. The van der Waals surface area contributed by atoms with Crippen LogP contribution < -0.4 is 5.84 Å². The highest BCUT2D eigenvalue weighted by molar-refractivity contribution is 6.01. The number of carbonyl (C=O) groups excluding carboxylic acids is 1.